The van der Waals surface area contributed by atoms with Crippen molar-refractivity contribution in [3.8, 4) is 0 Å². The van der Waals surface area contributed by atoms with Gasteiger partial charge < -0.3 is 47.0 Å². The molecule has 9 aliphatic rings. The van der Waals surface area contributed by atoms with Gasteiger partial charge in [-0.25, -0.2) is 30.0 Å². The lowest BCUT2D eigenvalue weighted by Crippen LogP contribution is -2.50. The van der Waals surface area contributed by atoms with Crippen LogP contribution in [0.3, 0.4) is 0 Å². The summed E-state index contributed by atoms with van der Waals surface area (Å²) in [6.45, 7) is 9.04. The number of carbonyl (C=O) groups is 7. The summed E-state index contributed by atoms with van der Waals surface area (Å²) in [7, 11) is -11.0. The Labute approximate surface area is 627 Å². The number of sulfonamides is 3. The number of carboxylic acid groups (broad SMARTS) is 2. The molecule has 3 atom stereocenters. The molecule has 104 heavy (non-hydrogen) atoms. The van der Waals surface area contributed by atoms with Crippen molar-refractivity contribution in [2.24, 2.45) is 38.5 Å². The first-order chi connectivity index (χ1) is 49.0. The number of benzene rings is 3. The summed E-state index contributed by atoms with van der Waals surface area (Å²) in [5.41, 5.74) is 2.78. The molecule has 9 heterocycles. The van der Waals surface area contributed by atoms with Crippen LogP contribution in [0, 0.1) is 17.8 Å². The third kappa shape index (κ3) is 21.4. The molecule has 0 saturated carbocycles. The van der Waals surface area contributed by atoms with Gasteiger partial charge in [-0.3, -0.25) is 43.7 Å². The number of alkyl halides is 5. The topological polar surface area (TPSA) is 390 Å². The second-order valence-electron chi connectivity index (χ2n) is 25.6. The van der Waals surface area contributed by atoms with Crippen molar-refractivity contribution < 1.29 is 82.2 Å². The molecule has 0 aromatic heterocycles. The summed E-state index contributed by atoms with van der Waals surface area (Å²) in [5.74, 6) is -1.73. The van der Waals surface area contributed by atoms with Crippen LogP contribution in [0.4, 0.5) is 13.2 Å². The molecule has 0 aliphatic carbocycles. The number of halogens is 8. The molecule has 6 fully saturated rings. The molecule has 9 aliphatic heterocycles. The first-order valence-corrected chi connectivity index (χ1v) is 40.2. The number of nitrogens with one attached hydrogen (secondary N) is 4. The van der Waals surface area contributed by atoms with Gasteiger partial charge in [-0.1, -0.05) is 66.8 Å². The molecule has 3 spiro atoms. The van der Waals surface area contributed by atoms with Crippen molar-refractivity contribution in [3.63, 3.8) is 0 Å². The first kappa shape index (κ1) is 85.1. The summed E-state index contributed by atoms with van der Waals surface area (Å²) >= 11 is 27.4. The molecular weight excluding hydrogens is 1530 g/mol. The van der Waals surface area contributed by atoms with E-state index < -0.39 is 64.8 Å². The Morgan fingerprint density at radius 3 is 1.12 bits per heavy atom. The first-order valence-electron chi connectivity index (χ1n) is 33.6. The molecule has 6 saturated heterocycles. The molecule has 3 aromatic rings. The molecule has 3 aromatic carbocycles. The molecule has 39 heteroatoms. The average molecular weight is 1620 g/mol. The molecule has 12 rings (SSSR count). The molecular formula is C65H85Cl5F3N13O15S3. The average Bonchev–Trinajstić information content (AvgIpc) is 1.60. The zero-order valence-corrected chi connectivity index (χ0v) is 63.3. The van der Waals surface area contributed by atoms with E-state index in [-0.39, 0.29) is 120 Å². The molecule has 0 radical (unpaired) electrons. The minimum absolute atomic E-state index is 0.0146. The summed E-state index contributed by atoms with van der Waals surface area (Å²) in [6.07, 6.45) is 3.14. The van der Waals surface area contributed by atoms with E-state index in [0.29, 0.717) is 91.3 Å². The fraction of sp³-hybridized carbons (Fsp3) is 0.569. The van der Waals surface area contributed by atoms with Crippen molar-refractivity contribution in [1.82, 2.24) is 44.0 Å². The van der Waals surface area contributed by atoms with Crippen molar-refractivity contribution in [2.75, 3.05) is 90.4 Å². The van der Waals surface area contributed by atoms with Crippen LogP contribution in [0.25, 0.3) is 0 Å². The van der Waals surface area contributed by atoms with Gasteiger partial charge in [0, 0.05) is 118 Å². The largest absolute Gasteiger partial charge is 0.490 e. The van der Waals surface area contributed by atoms with Gasteiger partial charge >= 0.3 is 18.1 Å². The molecule has 574 valence electrons. The predicted molar refractivity (Wildman–Crippen MR) is 385 cm³/mol. The fourth-order valence-corrected chi connectivity index (χ4v) is 18.4. The van der Waals surface area contributed by atoms with Crippen molar-refractivity contribution in [2.45, 2.75) is 141 Å². The Bertz CT molecular complexity index is 3900. The van der Waals surface area contributed by atoms with Crippen molar-refractivity contribution in [1.29, 1.82) is 0 Å². The minimum atomic E-state index is -5.08. The van der Waals surface area contributed by atoms with Crippen molar-refractivity contribution >= 4 is 147 Å². The number of piperidine rings is 6. The number of aliphatic imine (C=N–C) groups is 3. The molecule has 5 amide bonds. The highest BCUT2D eigenvalue weighted by Gasteiger charge is 2.52. The Morgan fingerprint density at radius 1 is 0.538 bits per heavy atom. The van der Waals surface area contributed by atoms with Crippen LogP contribution < -0.4 is 27.0 Å². The highest BCUT2D eigenvalue weighted by Crippen LogP contribution is 2.39. The van der Waals surface area contributed by atoms with Gasteiger partial charge in [0.2, 0.25) is 41.9 Å². The fourth-order valence-electron chi connectivity index (χ4n) is 13.1. The number of hydrogen-bond donors (Lipinski definition) is 7. The number of carboxylic acids is 2. The number of aliphatic carboxylic acids is 2. The van der Waals surface area contributed by atoms with E-state index in [0.717, 1.165) is 64.0 Å². The monoisotopic (exact) mass is 1620 g/mol. The number of carbonyl (C=O) groups excluding carboxylic acids is 5. The van der Waals surface area contributed by atoms with E-state index >= 15 is 0 Å². The SMILES string of the molecule is CCC(=O)N1CCCC(C2=NC3(CCN(S(=O)(=O)c4cccc(Cl)c4)CC3)C(=O)N2)C1.CCC(=O)O.ClCCl.NCC(=O)N1CCCC(C2=NC3(CCN(S(=O)(=O)c4cccc(Cl)c4)CC3)C(=O)N2)C1.O=C(O)C(F)(F)F.O=C1NC(C2CCCNC2)=NC12CCN(S(=O)(=O)c1cccc(Cl)c1)CC2. The number of amides is 5. The summed E-state index contributed by atoms with van der Waals surface area (Å²) in [5, 5.41) is 28.3. The van der Waals surface area contributed by atoms with E-state index in [1.807, 2.05) is 11.8 Å². The zero-order valence-electron chi connectivity index (χ0n) is 57.1. The maximum absolute atomic E-state index is 13.0. The van der Waals surface area contributed by atoms with Gasteiger partial charge in [0.15, 0.2) is 0 Å². The van der Waals surface area contributed by atoms with E-state index in [2.05, 4.69) is 21.3 Å². The third-order valence-corrected chi connectivity index (χ3v) is 25.4. The Balaban J connectivity index is 0.000000198. The quantitative estimate of drug-likeness (QED) is 0.0944. The van der Waals surface area contributed by atoms with Gasteiger partial charge in [-0.15, -0.1) is 23.2 Å². The number of nitrogens with zero attached hydrogens (tertiary/aromatic N) is 8. The highest BCUT2D eigenvalue weighted by molar-refractivity contribution is 7.89. The van der Waals surface area contributed by atoms with E-state index in [4.69, 9.17) is 93.7 Å². The van der Waals surface area contributed by atoms with Crippen LogP contribution in [-0.2, 0) is 63.6 Å². The normalized spacial score (nSPS) is 22.5. The summed E-state index contributed by atoms with van der Waals surface area (Å²) < 4.78 is 113. The molecule has 3 unspecified atom stereocenters. The van der Waals surface area contributed by atoms with Crippen LogP contribution in [0.2, 0.25) is 15.1 Å². The Kier molecular flexibility index (Phi) is 30.4. The second-order valence-corrected chi connectivity index (χ2v) is 33.6. The zero-order chi connectivity index (χ0) is 76.6. The smallest absolute Gasteiger partial charge is 0.481 e. The lowest BCUT2D eigenvalue weighted by molar-refractivity contribution is -0.192. The molecule has 0 bridgehead atoms. The number of nitrogens with two attached hydrogens (primary N) is 1. The van der Waals surface area contributed by atoms with Crippen molar-refractivity contribution in [3.05, 3.63) is 87.9 Å². The molecule has 8 N–H and O–H groups in total. The summed E-state index contributed by atoms with van der Waals surface area (Å²) in [6, 6.07) is 18.6. The van der Waals surface area contributed by atoms with Gasteiger partial charge in [0.1, 0.15) is 34.1 Å². The maximum Gasteiger partial charge on any atom is 0.490 e. The van der Waals surface area contributed by atoms with Crippen LogP contribution in [0.5, 0.6) is 0 Å². The van der Waals surface area contributed by atoms with E-state index in [1.54, 1.807) is 54.3 Å². The minimum Gasteiger partial charge on any atom is -0.481 e. The Morgan fingerprint density at radius 2 is 0.846 bits per heavy atom. The molecule has 28 nitrogen and oxygen atoms in total. The van der Waals surface area contributed by atoms with Gasteiger partial charge in [0.05, 0.1) is 26.6 Å². The second kappa shape index (κ2) is 37.1. The highest BCUT2D eigenvalue weighted by atomic mass is 35.5. The number of amidine groups is 3. The lowest BCUT2D eigenvalue weighted by atomic mass is 9.89. The number of likely N-dealkylation sites (tertiary alicyclic amines) is 2. The van der Waals surface area contributed by atoms with Crippen LogP contribution >= 0.6 is 58.0 Å². The van der Waals surface area contributed by atoms with Gasteiger partial charge in [-0.2, -0.15) is 26.1 Å². The summed E-state index contributed by atoms with van der Waals surface area (Å²) in [4.78, 5) is 99.0. The number of hydrogen-bond acceptors (Lipinski definition) is 18. The lowest BCUT2D eigenvalue weighted by Gasteiger charge is -2.35. The van der Waals surface area contributed by atoms with Crippen LogP contribution in [0.15, 0.2) is 102 Å². The predicted octanol–water partition coefficient (Wildman–Crippen LogP) is 6.56. The Hall–Kier alpha value is -6.15. The van der Waals surface area contributed by atoms with E-state index in [9.17, 15) is 67.2 Å². The van der Waals surface area contributed by atoms with Crippen LogP contribution in [-0.4, -0.2) is 230 Å². The van der Waals surface area contributed by atoms with Gasteiger partial charge in [0.25, 0.3) is 17.7 Å². The maximum atomic E-state index is 13.0. The number of rotatable bonds is 12. The van der Waals surface area contributed by atoms with E-state index in [1.165, 1.54) is 43.2 Å². The van der Waals surface area contributed by atoms with Crippen LogP contribution in [0.1, 0.15) is 104 Å². The van der Waals surface area contributed by atoms with Gasteiger partial charge in [-0.05, 0) is 138 Å². The standard InChI is InChI=1S/C21H27ClN4O4S.C20H26ClN5O4S.C18H23ClN4O3S.C3H6O2.C2HF3O2.CH2Cl2/c1-2-18(27)25-10-4-5-15(14-25)19-23-20(28)21(24-19)8-11-26(12-9-21)31(29,30)17-7-3-6-16(22)13-17;21-15-4-1-5-16(11-15)31(29,30)26-9-6-20(7-10-26)19(28)23-18(24-20)14-3-2-8-25(13-14)17(27)12-22;19-14-4-1-5-15(11-14)27(25,26)23-9-6-18(7-10-23)17(24)21-16(22-18)13-3-2-8-20-12-13;1-2-3(4)5;3-2(4,5)1(6)7;2-1-3/h3,6-7,13,15H,2,4-5,8-12,14H2,1H3,(H,23,24,28);1,4-5,11,14H,2-3,6-10,12-13,22H2,(H,23,24,28);1,4-5,11,13,20H,2-3,6-10,12H2,(H,21,22,24);2H2,1H3,(H,4,5);(H,6,7);1H2. The third-order valence-electron chi connectivity index (χ3n) is 19.0.